The number of ether oxygens (including phenoxy) is 3. The van der Waals surface area contributed by atoms with Gasteiger partial charge in [-0.1, -0.05) is 263 Å². The molecule has 0 amide bonds. The van der Waals surface area contributed by atoms with E-state index in [1.54, 1.807) is 0 Å². The van der Waals surface area contributed by atoms with Crippen molar-refractivity contribution in [2.45, 2.75) is 335 Å². The molecular weight excluding hydrogens is 829 g/mol. The maximum absolute atomic E-state index is 12.8. The lowest BCUT2D eigenvalue weighted by atomic mass is 10.0. The van der Waals surface area contributed by atoms with Gasteiger partial charge >= 0.3 is 17.9 Å². The second-order valence-corrected chi connectivity index (χ2v) is 20.3. The van der Waals surface area contributed by atoms with E-state index < -0.39 is 6.10 Å². The van der Waals surface area contributed by atoms with Gasteiger partial charge in [0.05, 0.1) is 0 Å². The highest BCUT2D eigenvalue weighted by Crippen LogP contribution is 2.16. The molecule has 0 radical (unpaired) electrons. The summed E-state index contributed by atoms with van der Waals surface area (Å²) in [5.41, 5.74) is 0. The first-order chi connectivity index (χ1) is 33.0. The molecular formula is C61H114O6. The normalized spacial score (nSPS) is 12.1. The van der Waals surface area contributed by atoms with E-state index in [0.717, 1.165) is 64.2 Å². The second kappa shape index (κ2) is 56.5. The quantitative estimate of drug-likeness (QED) is 0.0262. The minimum atomic E-state index is -0.771. The van der Waals surface area contributed by atoms with Crippen molar-refractivity contribution >= 4 is 17.9 Å². The SMILES string of the molecule is CCCCCCCCC/C=C\CCCCCCCC(=O)OC(COC(=O)CCCCCCCCCCCC)COC(=O)CCCCCCCCCCCCC/C=C\CCCCCCCCCC. The van der Waals surface area contributed by atoms with Crippen molar-refractivity contribution in [1.29, 1.82) is 0 Å². The number of carbonyl (C=O) groups excluding carboxylic acids is 3. The predicted octanol–water partition coefficient (Wildman–Crippen LogP) is 19.9. The van der Waals surface area contributed by atoms with Crippen LogP contribution in [0.25, 0.3) is 0 Å². The Labute approximate surface area is 417 Å². The molecule has 1 unspecified atom stereocenters. The van der Waals surface area contributed by atoms with E-state index in [9.17, 15) is 14.4 Å². The van der Waals surface area contributed by atoms with Crippen LogP contribution in [0.3, 0.4) is 0 Å². The maximum Gasteiger partial charge on any atom is 0.306 e. The molecule has 0 fully saturated rings. The lowest BCUT2D eigenvalue weighted by Crippen LogP contribution is -2.30. The first kappa shape index (κ1) is 64.9. The summed E-state index contributed by atoms with van der Waals surface area (Å²) in [6.45, 7) is 6.66. The standard InChI is InChI=1S/C61H114O6/c1-4-7-10-13-16-19-22-24-26-28-29-30-31-32-33-34-36-37-39-42-45-48-51-54-60(63)66-57-58(56-65-59(62)53-50-47-44-41-21-18-15-12-9-6-3)67-61(64)55-52-49-46-43-40-38-35-27-25-23-20-17-14-11-8-5-2/h27-29,35,58H,4-26,30-34,36-57H2,1-3H3/b29-28-,35-27-. The topological polar surface area (TPSA) is 78.9 Å². The smallest absolute Gasteiger partial charge is 0.306 e. The van der Waals surface area contributed by atoms with Crippen molar-refractivity contribution in [3.63, 3.8) is 0 Å². The van der Waals surface area contributed by atoms with Gasteiger partial charge in [-0.2, -0.15) is 0 Å². The predicted molar refractivity (Wildman–Crippen MR) is 289 cm³/mol. The molecule has 0 aromatic rings. The molecule has 1 atom stereocenters. The van der Waals surface area contributed by atoms with Crippen LogP contribution in [0.1, 0.15) is 329 Å². The van der Waals surface area contributed by atoms with Crippen molar-refractivity contribution in [2.24, 2.45) is 0 Å². The molecule has 0 N–H and O–H groups in total. The highest BCUT2D eigenvalue weighted by Gasteiger charge is 2.19. The van der Waals surface area contributed by atoms with Gasteiger partial charge in [-0.05, 0) is 70.6 Å². The fraction of sp³-hybridized carbons (Fsp3) is 0.885. The fourth-order valence-corrected chi connectivity index (χ4v) is 8.91. The summed E-state index contributed by atoms with van der Waals surface area (Å²) in [5.74, 6) is -0.862. The van der Waals surface area contributed by atoms with Gasteiger partial charge in [0.2, 0.25) is 0 Å². The van der Waals surface area contributed by atoms with Crippen LogP contribution in [0, 0.1) is 0 Å². The Kier molecular flexibility index (Phi) is 54.7. The Morgan fingerprint density at radius 2 is 0.493 bits per heavy atom. The molecule has 0 aliphatic heterocycles. The molecule has 6 heteroatoms. The van der Waals surface area contributed by atoms with Gasteiger partial charge in [-0.15, -0.1) is 0 Å². The Bertz CT molecular complexity index is 1080. The summed E-state index contributed by atoms with van der Waals surface area (Å²) in [5, 5.41) is 0. The first-order valence-electron chi connectivity index (χ1n) is 29.8. The van der Waals surface area contributed by atoms with Crippen molar-refractivity contribution < 1.29 is 28.6 Å². The summed E-state index contributed by atoms with van der Waals surface area (Å²) in [6.07, 6.45) is 66.1. The van der Waals surface area contributed by atoms with E-state index in [-0.39, 0.29) is 31.1 Å². The Hall–Kier alpha value is -2.11. The molecule has 0 saturated heterocycles. The minimum Gasteiger partial charge on any atom is -0.462 e. The van der Waals surface area contributed by atoms with E-state index in [2.05, 4.69) is 45.1 Å². The highest BCUT2D eigenvalue weighted by molar-refractivity contribution is 5.71. The van der Waals surface area contributed by atoms with Gasteiger partial charge in [0.25, 0.3) is 0 Å². The van der Waals surface area contributed by atoms with Crippen molar-refractivity contribution in [1.82, 2.24) is 0 Å². The summed E-state index contributed by atoms with van der Waals surface area (Å²) >= 11 is 0. The number of unbranched alkanes of at least 4 members (excludes halogenated alkanes) is 40. The van der Waals surface area contributed by atoms with Crippen LogP contribution >= 0.6 is 0 Å². The van der Waals surface area contributed by atoms with Gasteiger partial charge in [0.15, 0.2) is 6.10 Å². The molecule has 0 aliphatic carbocycles. The molecule has 0 bridgehead atoms. The molecule has 0 aromatic carbocycles. The molecule has 0 rings (SSSR count). The average Bonchev–Trinajstić information content (AvgIpc) is 3.33. The van der Waals surface area contributed by atoms with Crippen LogP contribution in [0.4, 0.5) is 0 Å². The largest absolute Gasteiger partial charge is 0.462 e. The third-order valence-electron chi connectivity index (χ3n) is 13.4. The fourth-order valence-electron chi connectivity index (χ4n) is 8.91. The van der Waals surface area contributed by atoms with Crippen LogP contribution in [0.15, 0.2) is 24.3 Å². The molecule has 394 valence electrons. The van der Waals surface area contributed by atoms with Crippen molar-refractivity contribution in [3.8, 4) is 0 Å². The summed E-state index contributed by atoms with van der Waals surface area (Å²) in [4.78, 5) is 38.1. The number of rotatable bonds is 55. The Morgan fingerprint density at radius 1 is 0.284 bits per heavy atom. The highest BCUT2D eigenvalue weighted by atomic mass is 16.6. The monoisotopic (exact) mass is 943 g/mol. The van der Waals surface area contributed by atoms with E-state index in [0.29, 0.717) is 19.3 Å². The molecule has 0 spiro atoms. The van der Waals surface area contributed by atoms with E-state index in [1.165, 1.54) is 225 Å². The zero-order valence-electron chi connectivity index (χ0n) is 45.2. The van der Waals surface area contributed by atoms with Crippen molar-refractivity contribution in [2.75, 3.05) is 13.2 Å². The zero-order chi connectivity index (χ0) is 48.6. The molecule has 0 heterocycles. The lowest BCUT2D eigenvalue weighted by Gasteiger charge is -2.18. The van der Waals surface area contributed by atoms with Crippen LogP contribution in [-0.4, -0.2) is 37.2 Å². The van der Waals surface area contributed by atoms with Gasteiger partial charge in [-0.3, -0.25) is 14.4 Å². The van der Waals surface area contributed by atoms with Gasteiger partial charge in [0.1, 0.15) is 13.2 Å². The zero-order valence-corrected chi connectivity index (χ0v) is 45.2. The summed E-state index contributed by atoms with van der Waals surface area (Å²) in [6, 6.07) is 0. The van der Waals surface area contributed by atoms with E-state index in [1.807, 2.05) is 0 Å². The Balaban J connectivity index is 4.22. The van der Waals surface area contributed by atoms with Gasteiger partial charge < -0.3 is 14.2 Å². The second-order valence-electron chi connectivity index (χ2n) is 20.3. The first-order valence-corrected chi connectivity index (χ1v) is 29.8. The third kappa shape index (κ3) is 54.7. The summed E-state index contributed by atoms with van der Waals surface area (Å²) in [7, 11) is 0. The Morgan fingerprint density at radius 3 is 0.746 bits per heavy atom. The van der Waals surface area contributed by atoms with Crippen LogP contribution in [0.5, 0.6) is 0 Å². The van der Waals surface area contributed by atoms with E-state index >= 15 is 0 Å². The molecule has 0 aromatic heterocycles. The molecule has 0 saturated carbocycles. The number of esters is 3. The van der Waals surface area contributed by atoms with Crippen LogP contribution in [0.2, 0.25) is 0 Å². The van der Waals surface area contributed by atoms with E-state index in [4.69, 9.17) is 14.2 Å². The van der Waals surface area contributed by atoms with Crippen LogP contribution < -0.4 is 0 Å². The molecule has 0 aliphatic rings. The number of hydrogen-bond donors (Lipinski definition) is 0. The average molecular weight is 944 g/mol. The number of allylic oxidation sites excluding steroid dienone is 4. The van der Waals surface area contributed by atoms with Crippen LogP contribution in [-0.2, 0) is 28.6 Å². The lowest BCUT2D eigenvalue weighted by molar-refractivity contribution is -0.167. The van der Waals surface area contributed by atoms with Gasteiger partial charge in [-0.25, -0.2) is 0 Å². The molecule has 67 heavy (non-hydrogen) atoms. The number of carbonyl (C=O) groups is 3. The number of hydrogen-bond acceptors (Lipinski definition) is 6. The maximum atomic E-state index is 12.8. The third-order valence-corrected chi connectivity index (χ3v) is 13.4. The van der Waals surface area contributed by atoms with Gasteiger partial charge in [0, 0.05) is 19.3 Å². The minimum absolute atomic E-state index is 0.0706. The molecule has 6 nitrogen and oxygen atoms in total. The summed E-state index contributed by atoms with van der Waals surface area (Å²) < 4.78 is 16.9. The van der Waals surface area contributed by atoms with Crippen molar-refractivity contribution in [3.05, 3.63) is 24.3 Å².